The number of amides is 3. The van der Waals surface area contributed by atoms with Gasteiger partial charge < -0.3 is 31.4 Å². The molecule has 4 unspecified atom stereocenters. The number of thioether (sulfide) groups is 1. The van der Waals surface area contributed by atoms with Crippen LogP contribution in [-0.2, 0) is 25.6 Å². The van der Waals surface area contributed by atoms with Crippen LogP contribution in [0.3, 0.4) is 0 Å². The number of para-hydroxylation sites is 1. The first-order chi connectivity index (χ1) is 18.2. The number of fused-ring (bicyclic) bond motifs is 1. The standard InChI is InChI=1S/C27H39N5O5S/c1-16(2)13-23(27(36)37)32-25(34)21(10-12-38-3)30-26(35)22(31-24(33)20-9-6-11-28-20)14-17-15-29-19-8-5-4-7-18(17)19/h4-5,7-8,15-16,20-23,28-29H,6,9-14H2,1-3H3,(H,30,35)(H,31,33)(H,32,34)(H,36,37). The van der Waals surface area contributed by atoms with Gasteiger partial charge >= 0.3 is 5.97 Å². The fourth-order valence-electron chi connectivity index (χ4n) is 4.65. The Bertz CT molecular complexity index is 1110. The van der Waals surface area contributed by atoms with Crippen LogP contribution in [-0.4, -0.2) is 76.5 Å². The maximum Gasteiger partial charge on any atom is 0.326 e. The summed E-state index contributed by atoms with van der Waals surface area (Å²) < 4.78 is 0. The van der Waals surface area contributed by atoms with Gasteiger partial charge in [-0.15, -0.1) is 0 Å². The van der Waals surface area contributed by atoms with Crippen LogP contribution < -0.4 is 21.3 Å². The Balaban J connectivity index is 1.79. The quantitative estimate of drug-likeness (QED) is 0.212. The number of benzene rings is 1. The second kappa shape index (κ2) is 14.2. The zero-order valence-electron chi connectivity index (χ0n) is 22.2. The van der Waals surface area contributed by atoms with Crippen molar-refractivity contribution in [3.05, 3.63) is 36.0 Å². The Morgan fingerprint density at radius 1 is 1.05 bits per heavy atom. The summed E-state index contributed by atoms with van der Waals surface area (Å²) in [4.78, 5) is 54.6. The molecule has 0 bridgehead atoms. The zero-order chi connectivity index (χ0) is 27.7. The lowest BCUT2D eigenvalue weighted by Gasteiger charge is -2.25. The summed E-state index contributed by atoms with van der Waals surface area (Å²) in [5.41, 5.74) is 1.79. The molecule has 10 nitrogen and oxygen atoms in total. The van der Waals surface area contributed by atoms with Gasteiger partial charge in [-0.2, -0.15) is 11.8 Å². The fourth-order valence-corrected chi connectivity index (χ4v) is 5.12. The minimum Gasteiger partial charge on any atom is -0.480 e. The molecule has 1 aromatic carbocycles. The van der Waals surface area contributed by atoms with Gasteiger partial charge in [-0.3, -0.25) is 14.4 Å². The van der Waals surface area contributed by atoms with Gasteiger partial charge in [-0.1, -0.05) is 32.0 Å². The number of hydrogen-bond donors (Lipinski definition) is 6. The second-order valence-electron chi connectivity index (χ2n) is 10.1. The maximum atomic E-state index is 13.6. The van der Waals surface area contributed by atoms with E-state index in [0.29, 0.717) is 18.6 Å². The molecule has 4 atom stereocenters. The molecule has 2 aromatic rings. The number of carboxylic acid groups (broad SMARTS) is 1. The molecule has 1 saturated heterocycles. The minimum absolute atomic E-state index is 0.0654. The minimum atomic E-state index is -1.12. The van der Waals surface area contributed by atoms with Crippen molar-refractivity contribution < 1.29 is 24.3 Å². The predicted octanol–water partition coefficient (Wildman–Crippen LogP) is 1.80. The molecule has 0 radical (unpaired) electrons. The first-order valence-electron chi connectivity index (χ1n) is 13.1. The number of carbonyl (C=O) groups is 4. The first-order valence-corrected chi connectivity index (χ1v) is 14.5. The predicted molar refractivity (Wildman–Crippen MR) is 149 cm³/mol. The smallest absolute Gasteiger partial charge is 0.326 e. The summed E-state index contributed by atoms with van der Waals surface area (Å²) >= 11 is 1.52. The van der Waals surface area contributed by atoms with Gasteiger partial charge in [0.15, 0.2) is 0 Å². The van der Waals surface area contributed by atoms with Crippen molar-refractivity contribution in [1.82, 2.24) is 26.3 Å². The number of aromatic amines is 1. The third-order valence-corrected chi connectivity index (χ3v) is 7.32. The van der Waals surface area contributed by atoms with E-state index >= 15 is 0 Å². The van der Waals surface area contributed by atoms with E-state index in [9.17, 15) is 24.3 Å². The Morgan fingerprint density at radius 3 is 2.42 bits per heavy atom. The lowest BCUT2D eigenvalue weighted by atomic mass is 10.0. The number of aliphatic carboxylic acids is 1. The van der Waals surface area contributed by atoms with Crippen molar-refractivity contribution in [2.24, 2.45) is 5.92 Å². The Kier molecular flexibility index (Phi) is 11.0. The van der Waals surface area contributed by atoms with Crippen LogP contribution in [0.15, 0.2) is 30.5 Å². The SMILES string of the molecule is CSCCC(NC(=O)C(Cc1c[nH]c2ccccc12)NC(=O)C1CCCN1)C(=O)NC(CC(C)C)C(=O)O. The lowest BCUT2D eigenvalue weighted by molar-refractivity contribution is -0.142. The van der Waals surface area contributed by atoms with Gasteiger partial charge in [0.2, 0.25) is 17.7 Å². The lowest BCUT2D eigenvalue weighted by Crippen LogP contribution is -2.57. The van der Waals surface area contributed by atoms with Crippen LogP contribution in [0.25, 0.3) is 10.9 Å². The molecule has 3 rings (SSSR count). The molecule has 208 valence electrons. The van der Waals surface area contributed by atoms with Gasteiger partial charge in [0.25, 0.3) is 0 Å². The number of nitrogens with one attached hydrogen (secondary N) is 5. The normalized spacial score (nSPS) is 17.6. The van der Waals surface area contributed by atoms with Crippen LogP contribution in [0.5, 0.6) is 0 Å². The van der Waals surface area contributed by atoms with Crippen molar-refractivity contribution in [2.45, 2.75) is 70.1 Å². The molecule has 11 heteroatoms. The van der Waals surface area contributed by atoms with Crippen LogP contribution in [0.4, 0.5) is 0 Å². The summed E-state index contributed by atoms with van der Waals surface area (Å²) in [6.07, 6.45) is 6.13. The molecule has 1 aliphatic heterocycles. The van der Waals surface area contributed by atoms with Gasteiger partial charge in [-0.25, -0.2) is 4.79 Å². The highest BCUT2D eigenvalue weighted by atomic mass is 32.2. The molecule has 3 amide bonds. The van der Waals surface area contributed by atoms with Crippen molar-refractivity contribution in [1.29, 1.82) is 0 Å². The van der Waals surface area contributed by atoms with Crippen LogP contribution >= 0.6 is 11.8 Å². The molecule has 0 saturated carbocycles. The monoisotopic (exact) mass is 545 g/mol. The summed E-state index contributed by atoms with van der Waals surface area (Å²) in [5, 5.41) is 22.0. The van der Waals surface area contributed by atoms with E-state index in [1.807, 2.05) is 50.6 Å². The molecule has 2 heterocycles. The number of hydrogen-bond acceptors (Lipinski definition) is 6. The molecular formula is C27H39N5O5S. The Morgan fingerprint density at radius 2 is 1.76 bits per heavy atom. The number of carboxylic acids is 1. The fraction of sp³-hybridized carbons (Fsp3) is 0.556. The molecule has 1 aliphatic rings. The molecular weight excluding hydrogens is 506 g/mol. The highest BCUT2D eigenvalue weighted by molar-refractivity contribution is 7.98. The average molecular weight is 546 g/mol. The topological polar surface area (TPSA) is 152 Å². The largest absolute Gasteiger partial charge is 0.480 e. The van der Waals surface area contributed by atoms with E-state index < -0.39 is 35.9 Å². The zero-order valence-corrected chi connectivity index (χ0v) is 23.0. The number of aromatic nitrogens is 1. The average Bonchev–Trinajstić information content (AvgIpc) is 3.56. The van der Waals surface area contributed by atoms with Crippen molar-refractivity contribution >= 4 is 46.4 Å². The van der Waals surface area contributed by atoms with Crippen LogP contribution in [0.1, 0.15) is 45.1 Å². The van der Waals surface area contributed by atoms with Gasteiger partial charge in [0.1, 0.15) is 18.1 Å². The number of H-pyrrole nitrogens is 1. The van der Waals surface area contributed by atoms with E-state index in [1.54, 1.807) is 0 Å². The highest BCUT2D eigenvalue weighted by Gasteiger charge is 2.32. The van der Waals surface area contributed by atoms with Crippen molar-refractivity contribution in [3.63, 3.8) is 0 Å². The van der Waals surface area contributed by atoms with Gasteiger partial charge in [-0.05, 0) is 61.8 Å². The van der Waals surface area contributed by atoms with Crippen molar-refractivity contribution in [3.8, 4) is 0 Å². The number of carbonyl (C=O) groups excluding carboxylic acids is 3. The summed E-state index contributed by atoms with van der Waals surface area (Å²) in [7, 11) is 0. The van der Waals surface area contributed by atoms with Crippen LogP contribution in [0.2, 0.25) is 0 Å². The second-order valence-corrected chi connectivity index (χ2v) is 11.1. The summed E-state index contributed by atoms with van der Waals surface area (Å²) in [5.74, 6) is -1.75. The third kappa shape index (κ3) is 8.22. The number of rotatable bonds is 14. The van der Waals surface area contributed by atoms with Crippen LogP contribution in [0, 0.1) is 5.92 Å². The first kappa shape index (κ1) is 29.5. The molecule has 6 N–H and O–H groups in total. The van der Waals surface area contributed by atoms with E-state index in [-0.39, 0.29) is 30.7 Å². The highest BCUT2D eigenvalue weighted by Crippen LogP contribution is 2.20. The Hall–Kier alpha value is -3.05. The van der Waals surface area contributed by atoms with Crippen molar-refractivity contribution in [2.75, 3.05) is 18.6 Å². The summed E-state index contributed by atoms with van der Waals surface area (Å²) in [6, 6.07) is 4.45. The molecule has 38 heavy (non-hydrogen) atoms. The van der Waals surface area contributed by atoms with E-state index in [0.717, 1.165) is 29.4 Å². The van der Waals surface area contributed by atoms with Gasteiger partial charge in [0.05, 0.1) is 6.04 Å². The molecule has 0 spiro atoms. The van der Waals surface area contributed by atoms with E-state index in [1.165, 1.54) is 11.8 Å². The summed E-state index contributed by atoms with van der Waals surface area (Å²) in [6.45, 7) is 4.51. The molecule has 0 aliphatic carbocycles. The molecule has 1 fully saturated rings. The van der Waals surface area contributed by atoms with E-state index in [4.69, 9.17) is 0 Å². The van der Waals surface area contributed by atoms with Gasteiger partial charge in [0, 0.05) is 23.5 Å². The maximum absolute atomic E-state index is 13.6. The third-order valence-electron chi connectivity index (χ3n) is 6.67. The molecule has 1 aromatic heterocycles. The Labute approximate surface area is 227 Å². The van der Waals surface area contributed by atoms with E-state index in [2.05, 4.69) is 26.3 Å².